The molecule has 0 radical (unpaired) electrons. The lowest BCUT2D eigenvalue weighted by atomic mass is 9.84. The number of benzene rings is 4. The van der Waals surface area contributed by atoms with Crippen molar-refractivity contribution < 1.29 is 51.7 Å². The van der Waals surface area contributed by atoms with E-state index < -0.39 is 87.5 Å². The van der Waals surface area contributed by atoms with Crippen molar-refractivity contribution in [3.05, 3.63) is 128 Å². The van der Waals surface area contributed by atoms with Crippen LogP contribution in [0, 0.1) is 43.0 Å². The van der Waals surface area contributed by atoms with Crippen LogP contribution in [0.5, 0.6) is 11.5 Å². The average Bonchev–Trinajstić information content (AvgIpc) is 3.57. The van der Waals surface area contributed by atoms with Gasteiger partial charge < -0.3 is 14.9 Å². The van der Waals surface area contributed by atoms with Crippen molar-refractivity contribution in [1.82, 2.24) is 9.13 Å². The SMILES string of the molecule is CCC(C)C(C(=O)Oc1c(F)cc2c(c1F)c(CC(=O)O)c(C)n2C(=O)c1ccc(Cl)cc1)c1c(C)n(C(=O)c2ccc(Cl)cc2)c2cc(F)c(O)c(F)c12. The molecule has 0 aliphatic heterocycles. The Morgan fingerprint density at radius 1 is 0.764 bits per heavy atom. The molecular formula is C40H30Cl2F4N2O7. The van der Waals surface area contributed by atoms with Gasteiger partial charge in [0.1, 0.15) is 0 Å². The van der Waals surface area contributed by atoms with Crippen molar-refractivity contribution in [2.24, 2.45) is 5.92 Å². The predicted molar refractivity (Wildman–Crippen MR) is 196 cm³/mol. The van der Waals surface area contributed by atoms with Gasteiger partial charge in [-0.25, -0.2) is 17.6 Å². The molecule has 55 heavy (non-hydrogen) atoms. The highest BCUT2D eigenvalue weighted by molar-refractivity contribution is 6.31. The smallest absolute Gasteiger partial charge is 0.319 e. The number of ether oxygens (including phenoxy) is 1. The average molecular weight is 798 g/mol. The number of carbonyl (C=O) groups is 4. The maximum atomic E-state index is 16.6. The van der Waals surface area contributed by atoms with Crippen LogP contribution in [-0.4, -0.2) is 43.1 Å². The van der Waals surface area contributed by atoms with E-state index in [-0.39, 0.29) is 51.1 Å². The van der Waals surface area contributed by atoms with Crippen LogP contribution in [0.15, 0.2) is 60.7 Å². The van der Waals surface area contributed by atoms with Crippen LogP contribution in [0.3, 0.4) is 0 Å². The van der Waals surface area contributed by atoms with E-state index in [4.69, 9.17) is 27.9 Å². The minimum Gasteiger partial charge on any atom is -0.503 e. The molecule has 0 bridgehead atoms. The van der Waals surface area contributed by atoms with Crippen LogP contribution in [0.25, 0.3) is 21.8 Å². The van der Waals surface area contributed by atoms with E-state index in [1.807, 2.05) is 0 Å². The lowest BCUT2D eigenvalue weighted by Gasteiger charge is -2.23. The number of aromatic hydroxyl groups is 1. The number of esters is 1. The van der Waals surface area contributed by atoms with Crippen LogP contribution in [0.4, 0.5) is 17.6 Å². The Hall–Kier alpha value is -5.66. The Morgan fingerprint density at radius 3 is 1.76 bits per heavy atom. The lowest BCUT2D eigenvalue weighted by Crippen LogP contribution is -2.26. The Morgan fingerprint density at radius 2 is 1.25 bits per heavy atom. The Balaban J connectivity index is 1.54. The zero-order valence-corrected chi connectivity index (χ0v) is 31.0. The van der Waals surface area contributed by atoms with Crippen molar-refractivity contribution in [3.8, 4) is 11.5 Å². The van der Waals surface area contributed by atoms with Gasteiger partial charge in [0, 0.05) is 55.5 Å². The number of fused-ring (bicyclic) bond motifs is 2. The number of aromatic nitrogens is 2. The summed E-state index contributed by atoms with van der Waals surface area (Å²) < 4.78 is 70.9. The van der Waals surface area contributed by atoms with Gasteiger partial charge in [0.15, 0.2) is 29.0 Å². The molecule has 2 unspecified atom stereocenters. The van der Waals surface area contributed by atoms with Gasteiger partial charge in [-0.15, -0.1) is 0 Å². The quantitative estimate of drug-likeness (QED) is 0.0848. The molecule has 9 nitrogen and oxygen atoms in total. The van der Waals surface area contributed by atoms with E-state index in [1.165, 1.54) is 62.4 Å². The highest BCUT2D eigenvalue weighted by atomic mass is 35.5. The van der Waals surface area contributed by atoms with Gasteiger partial charge in [-0.3, -0.25) is 28.3 Å². The van der Waals surface area contributed by atoms with E-state index in [1.54, 1.807) is 13.8 Å². The predicted octanol–water partition coefficient (Wildman–Crippen LogP) is 9.52. The Labute approximate surface area is 320 Å². The molecule has 2 N–H and O–H groups in total. The second-order valence-corrected chi connectivity index (χ2v) is 13.9. The molecule has 0 saturated carbocycles. The van der Waals surface area contributed by atoms with Gasteiger partial charge in [-0.05, 0) is 79.4 Å². The summed E-state index contributed by atoms with van der Waals surface area (Å²) >= 11 is 11.9. The number of phenols is 1. The topological polar surface area (TPSA) is 128 Å². The third-order valence-corrected chi connectivity index (χ3v) is 10.3. The standard InChI is InChI=1S/C40H30Cl2F4N2O7/c1-5-17(2)30(31-19(4)48(39(53)21-8-12-23(42)13-9-21)28-15-25(43)36(51)34(45)33(28)31)40(54)55-37-26(44)16-27-32(35(37)46)24(14-29(49)50)18(3)47(27)38(52)20-6-10-22(41)11-7-20/h6-13,15-17,30,51H,5,14H2,1-4H3,(H,49,50). The number of halogens is 6. The fraction of sp³-hybridized carbons (Fsp3) is 0.200. The minimum absolute atomic E-state index is 0.0205. The van der Waals surface area contributed by atoms with E-state index in [0.29, 0.717) is 10.0 Å². The number of nitrogens with zero attached hydrogens (tertiary/aromatic N) is 2. The van der Waals surface area contributed by atoms with Gasteiger partial charge in [0.25, 0.3) is 11.8 Å². The third-order valence-electron chi connectivity index (χ3n) is 9.78. The summed E-state index contributed by atoms with van der Waals surface area (Å²) in [6, 6.07) is 12.7. The summed E-state index contributed by atoms with van der Waals surface area (Å²) in [5.74, 6) is -15.0. The normalized spacial score (nSPS) is 12.6. The molecule has 6 aromatic rings. The van der Waals surface area contributed by atoms with E-state index in [2.05, 4.69) is 0 Å². The lowest BCUT2D eigenvalue weighted by molar-refractivity contribution is -0.138. The first-order chi connectivity index (χ1) is 26.0. The molecule has 2 aromatic heterocycles. The number of phenolic OH excluding ortho intramolecular Hbond substituents is 1. The Kier molecular flexibility index (Phi) is 10.6. The van der Waals surface area contributed by atoms with E-state index >= 15 is 13.2 Å². The molecular weight excluding hydrogens is 767 g/mol. The maximum Gasteiger partial charge on any atom is 0.319 e. The fourth-order valence-corrected chi connectivity index (χ4v) is 7.15. The van der Waals surface area contributed by atoms with Gasteiger partial charge in [-0.2, -0.15) is 0 Å². The first-order valence-corrected chi connectivity index (χ1v) is 17.5. The first kappa shape index (κ1) is 39.0. The summed E-state index contributed by atoms with van der Waals surface area (Å²) in [6.45, 7) is 5.93. The fourth-order valence-electron chi connectivity index (χ4n) is 6.90. The number of hydrogen-bond acceptors (Lipinski definition) is 6. The van der Waals surface area contributed by atoms with Crippen molar-refractivity contribution >= 4 is 68.8 Å². The van der Waals surface area contributed by atoms with Crippen molar-refractivity contribution in [2.45, 2.75) is 46.5 Å². The van der Waals surface area contributed by atoms with Crippen molar-refractivity contribution in [1.29, 1.82) is 0 Å². The summed E-state index contributed by atoms with van der Waals surface area (Å²) in [6.07, 6.45) is -0.595. The van der Waals surface area contributed by atoms with Crippen LogP contribution in [-0.2, 0) is 16.0 Å². The Bertz CT molecular complexity index is 2580. The highest BCUT2D eigenvalue weighted by Crippen LogP contribution is 2.43. The summed E-state index contributed by atoms with van der Waals surface area (Å²) in [7, 11) is 0. The second-order valence-electron chi connectivity index (χ2n) is 13.0. The van der Waals surface area contributed by atoms with Crippen molar-refractivity contribution in [2.75, 3.05) is 0 Å². The zero-order chi connectivity index (χ0) is 40.2. The minimum atomic E-state index is -1.57. The van der Waals surface area contributed by atoms with Crippen molar-refractivity contribution in [3.63, 3.8) is 0 Å². The van der Waals surface area contributed by atoms with E-state index in [0.717, 1.165) is 21.3 Å². The molecule has 0 amide bonds. The molecule has 0 aliphatic carbocycles. The van der Waals surface area contributed by atoms with Gasteiger partial charge in [0.05, 0.1) is 23.4 Å². The molecule has 4 aromatic carbocycles. The molecule has 0 fully saturated rings. The van der Waals surface area contributed by atoms with Gasteiger partial charge in [0.2, 0.25) is 5.75 Å². The number of rotatable bonds is 9. The largest absolute Gasteiger partial charge is 0.503 e. The molecule has 0 aliphatic rings. The number of aliphatic carboxylic acids is 1. The molecule has 0 saturated heterocycles. The maximum absolute atomic E-state index is 16.6. The summed E-state index contributed by atoms with van der Waals surface area (Å²) in [4.78, 5) is 53.7. The molecule has 0 spiro atoms. The summed E-state index contributed by atoms with van der Waals surface area (Å²) in [5.41, 5.74) is -1.06. The molecule has 284 valence electrons. The molecule has 6 rings (SSSR count). The number of carboxylic acid groups (broad SMARTS) is 1. The van der Waals surface area contributed by atoms with E-state index in [9.17, 15) is 33.8 Å². The number of carboxylic acids is 1. The molecule has 15 heteroatoms. The zero-order valence-electron chi connectivity index (χ0n) is 29.4. The van der Waals surface area contributed by atoms with Crippen LogP contribution < -0.4 is 4.74 Å². The summed E-state index contributed by atoms with van der Waals surface area (Å²) in [5, 5.41) is 19.6. The van der Waals surface area contributed by atoms with Gasteiger partial charge >= 0.3 is 11.9 Å². The first-order valence-electron chi connectivity index (χ1n) is 16.8. The second kappa shape index (κ2) is 14.9. The van der Waals surface area contributed by atoms with Gasteiger partial charge in [-0.1, -0.05) is 43.5 Å². The van der Waals surface area contributed by atoms with Crippen LogP contribution >= 0.6 is 23.2 Å². The molecule has 2 atom stereocenters. The van der Waals surface area contributed by atoms with Crippen LogP contribution in [0.1, 0.15) is 69.4 Å². The monoisotopic (exact) mass is 796 g/mol. The highest BCUT2D eigenvalue weighted by Gasteiger charge is 2.38. The molecule has 2 heterocycles. The number of hydrogen-bond donors (Lipinski definition) is 2. The number of carbonyl (C=O) groups excluding carboxylic acids is 3. The van der Waals surface area contributed by atoms with Crippen LogP contribution in [0.2, 0.25) is 10.0 Å². The third kappa shape index (κ3) is 6.71.